The Morgan fingerprint density at radius 1 is 0.780 bits per heavy atom. The molecule has 6 heteroatoms. The van der Waals surface area contributed by atoms with Gasteiger partial charge < -0.3 is 19.1 Å². The molecule has 0 saturated heterocycles. The minimum absolute atomic E-state index is 0. The van der Waals surface area contributed by atoms with Gasteiger partial charge in [-0.15, -0.1) is 35.7 Å². The Balaban J connectivity index is 0.00000302. The third-order valence-electron chi connectivity index (χ3n) is 7.60. The van der Waals surface area contributed by atoms with Gasteiger partial charge >= 0.3 is 21.1 Å². The van der Waals surface area contributed by atoms with Gasteiger partial charge in [-0.25, -0.2) is 4.98 Å². The van der Waals surface area contributed by atoms with E-state index in [9.17, 15) is 0 Å². The van der Waals surface area contributed by atoms with Crippen LogP contribution in [0.5, 0.6) is 11.5 Å². The summed E-state index contributed by atoms with van der Waals surface area (Å²) in [6.07, 6.45) is 1.89. The fraction of sp³-hybridized carbons (Fsp3) is 0.171. The molecular weight excluding hydrogens is 687 g/mol. The molecule has 2 aromatic heterocycles. The van der Waals surface area contributed by atoms with Crippen LogP contribution >= 0.6 is 0 Å². The normalized spacial score (nSPS) is 13.0. The zero-order valence-corrected chi connectivity index (χ0v) is 25.7. The zero-order valence-electron chi connectivity index (χ0n) is 23.5. The second kappa shape index (κ2) is 10.4. The number of pyridine rings is 1. The second-order valence-corrected chi connectivity index (χ2v) is 11.3. The van der Waals surface area contributed by atoms with Gasteiger partial charge in [0.05, 0.1) is 18.0 Å². The molecule has 6 aromatic rings. The number of hydrogen-bond acceptors (Lipinski definition) is 4. The standard InChI is InChI=1S/C35H30N4O.Pt/c1-35(2,3)24-18-19-36-34(20-24)39-30-13-6-5-12-28(30)29-17-16-27(22-33(29)39)40-26-11-9-10-25(21-26)38-23-37(4)31-14-7-8-15-32(31)38;/h5-20H,23H2,1-4H3;/q-2;+2. The summed E-state index contributed by atoms with van der Waals surface area (Å²) in [5, 5.41) is 2.27. The molecule has 0 N–H and O–H groups in total. The molecule has 0 radical (unpaired) electrons. The molecule has 0 atom stereocenters. The number of nitrogens with zero attached hydrogens (tertiary/aromatic N) is 4. The first kappa shape index (κ1) is 27.1. The van der Waals surface area contributed by atoms with Gasteiger partial charge in [0.1, 0.15) is 5.82 Å². The fourth-order valence-electron chi connectivity index (χ4n) is 5.54. The van der Waals surface area contributed by atoms with E-state index in [2.05, 4.69) is 127 Å². The quantitative estimate of drug-likeness (QED) is 0.172. The van der Waals surface area contributed by atoms with Crippen molar-refractivity contribution in [3.05, 3.63) is 115 Å². The van der Waals surface area contributed by atoms with E-state index in [4.69, 9.17) is 9.72 Å². The summed E-state index contributed by atoms with van der Waals surface area (Å²) in [5.41, 5.74) is 6.61. The van der Waals surface area contributed by atoms with Gasteiger partial charge in [0.2, 0.25) is 0 Å². The van der Waals surface area contributed by atoms with E-state index in [1.807, 2.05) is 24.4 Å². The summed E-state index contributed by atoms with van der Waals surface area (Å²) in [4.78, 5) is 9.26. The van der Waals surface area contributed by atoms with Gasteiger partial charge in [-0.1, -0.05) is 62.3 Å². The molecule has 206 valence electrons. The molecule has 4 aromatic carbocycles. The third kappa shape index (κ3) is 4.79. The minimum atomic E-state index is 0. The SMILES string of the molecule is CN1CN(c2[c-]c(Oc3[c-]c4c(cc3)c3ccccc3n4-c3cc(C(C)(C)C)ccn3)ccc2)c2ccccc21.[Pt+2]. The number of anilines is 3. The Morgan fingerprint density at radius 3 is 2.37 bits per heavy atom. The maximum atomic E-state index is 6.38. The van der Waals surface area contributed by atoms with Crippen molar-refractivity contribution in [2.75, 3.05) is 23.5 Å². The van der Waals surface area contributed by atoms with Gasteiger partial charge in [0.25, 0.3) is 0 Å². The molecule has 0 spiro atoms. The van der Waals surface area contributed by atoms with Gasteiger partial charge in [-0.05, 0) is 46.7 Å². The maximum absolute atomic E-state index is 6.38. The van der Waals surface area contributed by atoms with Crippen LogP contribution in [0, 0.1) is 12.1 Å². The molecular formula is C35H30N4OPt. The first-order chi connectivity index (χ1) is 19.4. The van der Waals surface area contributed by atoms with Crippen LogP contribution in [0.25, 0.3) is 27.6 Å². The molecule has 3 heterocycles. The Hall–Kier alpha value is -4.08. The molecule has 41 heavy (non-hydrogen) atoms. The molecule has 0 amide bonds. The number of ether oxygens (including phenoxy) is 1. The van der Waals surface area contributed by atoms with Crippen LogP contribution in [-0.4, -0.2) is 23.3 Å². The van der Waals surface area contributed by atoms with Gasteiger partial charge in [-0.3, -0.25) is 0 Å². The Labute approximate surface area is 255 Å². The molecule has 0 aliphatic carbocycles. The maximum Gasteiger partial charge on any atom is 2.00 e. The second-order valence-electron chi connectivity index (χ2n) is 11.3. The summed E-state index contributed by atoms with van der Waals surface area (Å²) in [6, 6.07) is 38.3. The van der Waals surface area contributed by atoms with Crippen LogP contribution in [0.1, 0.15) is 26.3 Å². The summed E-state index contributed by atoms with van der Waals surface area (Å²) >= 11 is 0. The molecule has 1 aliphatic heterocycles. The predicted molar refractivity (Wildman–Crippen MR) is 163 cm³/mol. The predicted octanol–water partition coefficient (Wildman–Crippen LogP) is 8.41. The van der Waals surface area contributed by atoms with Crippen LogP contribution < -0.4 is 14.5 Å². The summed E-state index contributed by atoms with van der Waals surface area (Å²) in [5.74, 6) is 2.16. The first-order valence-electron chi connectivity index (χ1n) is 13.6. The summed E-state index contributed by atoms with van der Waals surface area (Å²) in [7, 11) is 2.11. The summed E-state index contributed by atoms with van der Waals surface area (Å²) < 4.78 is 8.57. The minimum Gasteiger partial charge on any atom is -0.509 e. The fourth-order valence-corrected chi connectivity index (χ4v) is 5.54. The van der Waals surface area contributed by atoms with E-state index in [-0.39, 0.29) is 26.5 Å². The number of benzene rings is 4. The smallest absolute Gasteiger partial charge is 0.509 e. The van der Waals surface area contributed by atoms with Crippen molar-refractivity contribution < 1.29 is 25.8 Å². The Morgan fingerprint density at radius 2 is 1.54 bits per heavy atom. The molecule has 7 rings (SSSR count). The van der Waals surface area contributed by atoms with E-state index >= 15 is 0 Å². The van der Waals surface area contributed by atoms with Crippen LogP contribution in [0.3, 0.4) is 0 Å². The number of aromatic nitrogens is 2. The number of rotatable bonds is 4. The molecule has 0 bridgehead atoms. The Kier molecular flexibility index (Phi) is 6.87. The Bertz CT molecular complexity index is 1890. The van der Waals surface area contributed by atoms with Crippen molar-refractivity contribution in [1.29, 1.82) is 0 Å². The van der Waals surface area contributed by atoms with Crippen molar-refractivity contribution in [1.82, 2.24) is 9.55 Å². The largest absolute Gasteiger partial charge is 2.00 e. The van der Waals surface area contributed by atoms with Crippen LogP contribution in [0.15, 0.2) is 97.2 Å². The van der Waals surface area contributed by atoms with Crippen LogP contribution in [0.2, 0.25) is 0 Å². The molecule has 0 unspecified atom stereocenters. The van der Waals surface area contributed by atoms with Gasteiger partial charge in [0.15, 0.2) is 0 Å². The molecule has 1 aliphatic rings. The molecule has 5 nitrogen and oxygen atoms in total. The van der Waals surface area contributed by atoms with Crippen molar-refractivity contribution in [2.45, 2.75) is 26.2 Å². The third-order valence-corrected chi connectivity index (χ3v) is 7.60. The van der Waals surface area contributed by atoms with Crippen LogP contribution in [0.4, 0.5) is 17.1 Å². The zero-order chi connectivity index (χ0) is 27.4. The van der Waals surface area contributed by atoms with Crippen molar-refractivity contribution in [3.8, 4) is 17.3 Å². The van der Waals surface area contributed by atoms with E-state index in [1.165, 1.54) is 16.9 Å². The molecule has 0 fully saturated rings. The van der Waals surface area contributed by atoms with E-state index in [0.29, 0.717) is 11.5 Å². The van der Waals surface area contributed by atoms with Crippen molar-refractivity contribution >= 4 is 38.9 Å². The van der Waals surface area contributed by atoms with Gasteiger partial charge in [-0.2, -0.15) is 12.1 Å². The van der Waals surface area contributed by atoms with E-state index in [1.54, 1.807) is 0 Å². The van der Waals surface area contributed by atoms with E-state index in [0.717, 1.165) is 40.0 Å². The number of hydrogen-bond donors (Lipinski definition) is 0. The number of para-hydroxylation sites is 3. The average molecular weight is 718 g/mol. The number of fused-ring (bicyclic) bond motifs is 4. The van der Waals surface area contributed by atoms with Crippen LogP contribution in [-0.2, 0) is 26.5 Å². The molecule has 0 saturated carbocycles. The monoisotopic (exact) mass is 717 g/mol. The summed E-state index contributed by atoms with van der Waals surface area (Å²) in [6.45, 7) is 7.43. The van der Waals surface area contributed by atoms with Crippen molar-refractivity contribution in [3.63, 3.8) is 0 Å². The topological polar surface area (TPSA) is 33.5 Å². The van der Waals surface area contributed by atoms with Crippen molar-refractivity contribution in [2.24, 2.45) is 0 Å². The van der Waals surface area contributed by atoms with Gasteiger partial charge in [0, 0.05) is 30.3 Å². The van der Waals surface area contributed by atoms with E-state index < -0.39 is 0 Å². The average Bonchev–Trinajstić information content (AvgIpc) is 3.47. The first-order valence-corrected chi connectivity index (χ1v) is 13.6.